The summed E-state index contributed by atoms with van der Waals surface area (Å²) in [4.78, 5) is 29.0. The molecule has 0 saturated carbocycles. The highest BCUT2D eigenvalue weighted by Crippen LogP contribution is 2.34. The van der Waals surface area contributed by atoms with Crippen LogP contribution in [0, 0.1) is 11.3 Å². The van der Waals surface area contributed by atoms with Crippen molar-refractivity contribution in [1.82, 2.24) is 10.2 Å². The van der Waals surface area contributed by atoms with Gasteiger partial charge in [-0.2, -0.15) is 13.2 Å². The molecule has 2 aromatic carbocycles. The second-order valence-corrected chi connectivity index (χ2v) is 11.7. The minimum Gasteiger partial charge on any atom is -0.368 e. The van der Waals surface area contributed by atoms with Crippen molar-refractivity contribution >= 4 is 29.1 Å². The molecule has 1 saturated heterocycles. The number of nitrogens with two attached hydrogens (primary N) is 1. The second-order valence-electron chi connectivity index (χ2n) is 11.3. The van der Waals surface area contributed by atoms with E-state index in [1.165, 1.54) is 6.07 Å². The molecule has 0 bridgehead atoms. The minimum atomic E-state index is -4.43. The molecule has 1 aliphatic rings. The number of anilines is 1. The first-order valence-electron chi connectivity index (χ1n) is 13.8. The lowest BCUT2D eigenvalue weighted by Crippen LogP contribution is -2.52. The summed E-state index contributed by atoms with van der Waals surface area (Å²) >= 11 is 5.99. The molecule has 0 radical (unpaired) electrons. The Bertz CT molecular complexity index is 1150. The van der Waals surface area contributed by atoms with Crippen LogP contribution in [0.5, 0.6) is 0 Å². The van der Waals surface area contributed by atoms with Crippen molar-refractivity contribution < 1.29 is 22.8 Å². The van der Waals surface area contributed by atoms with Gasteiger partial charge in [-0.1, -0.05) is 44.5 Å². The molecule has 1 aliphatic heterocycles. The zero-order valence-corrected chi connectivity index (χ0v) is 24.2. The Labute approximate surface area is 240 Å². The van der Waals surface area contributed by atoms with Gasteiger partial charge in [-0.15, -0.1) is 0 Å². The van der Waals surface area contributed by atoms with E-state index in [1.54, 1.807) is 6.07 Å². The summed E-state index contributed by atoms with van der Waals surface area (Å²) in [6.45, 7) is 8.60. The molecule has 0 spiro atoms. The molecule has 1 atom stereocenters. The Hall–Kier alpha value is -2.78. The third-order valence-electron chi connectivity index (χ3n) is 7.38. The van der Waals surface area contributed by atoms with Crippen molar-refractivity contribution in [1.29, 1.82) is 0 Å². The number of alkyl halides is 3. The molecule has 3 rings (SSSR count). The van der Waals surface area contributed by atoms with Crippen molar-refractivity contribution in [2.45, 2.75) is 52.6 Å². The minimum absolute atomic E-state index is 0.0558. The highest BCUT2D eigenvalue weighted by Gasteiger charge is 2.35. The molecule has 2 aromatic rings. The van der Waals surface area contributed by atoms with E-state index < -0.39 is 17.2 Å². The fourth-order valence-corrected chi connectivity index (χ4v) is 5.17. The molecule has 3 N–H and O–H groups in total. The van der Waals surface area contributed by atoms with Crippen LogP contribution in [0.25, 0.3) is 0 Å². The van der Waals surface area contributed by atoms with Gasteiger partial charge in [-0.3, -0.25) is 9.59 Å². The average Bonchev–Trinajstić information content (AvgIpc) is 2.91. The van der Waals surface area contributed by atoms with Gasteiger partial charge in [0.2, 0.25) is 11.8 Å². The van der Waals surface area contributed by atoms with E-state index in [0.29, 0.717) is 62.6 Å². The molecular formula is C30H40ClF3N4O2. The molecule has 1 fully saturated rings. The lowest BCUT2D eigenvalue weighted by atomic mass is 9.84. The largest absolute Gasteiger partial charge is 0.416 e. The number of hydrogen-bond donors (Lipinski definition) is 2. The van der Waals surface area contributed by atoms with Crippen LogP contribution in [0.1, 0.15) is 50.3 Å². The number of rotatable bonds is 11. The summed E-state index contributed by atoms with van der Waals surface area (Å²) < 4.78 is 40.6. The predicted octanol–water partition coefficient (Wildman–Crippen LogP) is 5.31. The Kier molecular flexibility index (Phi) is 10.9. The summed E-state index contributed by atoms with van der Waals surface area (Å²) in [5, 5.41) is 3.47. The van der Waals surface area contributed by atoms with Crippen molar-refractivity contribution in [2.75, 3.05) is 44.2 Å². The first-order valence-corrected chi connectivity index (χ1v) is 14.1. The third kappa shape index (κ3) is 8.86. The molecule has 40 heavy (non-hydrogen) atoms. The summed E-state index contributed by atoms with van der Waals surface area (Å²) in [6, 6.07) is 11.4. The van der Waals surface area contributed by atoms with E-state index >= 15 is 0 Å². The van der Waals surface area contributed by atoms with E-state index in [9.17, 15) is 22.8 Å². The van der Waals surface area contributed by atoms with Crippen LogP contribution in [0.4, 0.5) is 18.9 Å². The number of nitrogens with one attached hydrogen (secondary N) is 1. The van der Waals surface area contributed by atoms with E-state index in [2.05, 4.69) is 10.2 Å². The van der Waals surface area contributed by atoms with Gasteiger partial charge in [-0.05, 0) is 66.6 Å². The Balaban J connectivity index is 1.66. The normalized spacial score (nSPS) is 15.2. The number of benzene rings is 2. The molecular weight excluding hydrogens is 541 g/mol. The monoisotopic (exact) mass is 580 g/mol. The second kappa shape index (κ2) is 13.7. The highest BCUT2D eigenvalue weighted by molar-refractivity contribution is 6.30. The van der Waals surface area contributed by atoms with Gasteiger partial charge in [-0.25, -0.2) is 0 Å². The molecule has 1 unspecified atom stereocenters. The zero-order valence-electron chi connectivity index (χ0n) is 23.5. The maximum atomic E-state index is 13.5. The molecule has 10 heteroatoms. The van der Waals surface area contributed by atoms with Crippen LogP contribution in [-0.2, 0) is 28.6 Å². The van der Waals surface area contributed by atoms with Crippen molar-refractivity contribution in [3.63, 3.8) is 0 Å². The van der Waals surface area contributed by atoms with Gasteiger partial charge in [0.15, 0.2) is 0 Å². The van der Waals surface area contributed by atoms with E-state index in [0.717, 1.165) is 17.3 Å². The predicted molar refractivity (Wildman–Crippen MR) is 153 cm³/mol. The summed E-state index contributed by atoms with van der Waals surface area (Å²) in [5.41, 5.74) is 6.55. The number of carbonyl (C=O) groups excluding carboxylic acids is 2. The van der Waals surface area contributed by atoms with Crippen molar-refractivity contribution in [3.05, 3.63) is 64.2 Å². The van der Waals surface area contributed by atoms with Gasteiger partial charge >= 0.3 is 6.18 Å². The number of halogens is 4. The highest BCUT2D eigenvalue weighted by atomic mass is 35.5. The van der Waals surface area contributed by atoms with Crippen LogP contribution in [0.2, 0.25) is 5.02 Å². The van der Waals surface area contributed by atoms with Gasteiger partial charge < -0.3 is 20.9 Å². The number of carbonyl (C=O) groups is 2. The number of piperazine rings is 1. The summed E-state index contributed by atoms with van der Waals surface area (Å²) in [5.74, 6) is 0.0135. The zero-order chi connectivity index (χ0) is 29.5. The first-order chi connectivity index (χ1) is 18.8. The topological polar surface area (TPSA) is 78.7 Å². The fraction of sp³-hybridized carbons (Fsp3) is 0.533. The van der Waals surface area contributed by atoms with E-state index in [1.807, 2.05) is 49.9 Å². The van der Waals surface area contributed by atoms with Gasteiger partial charge in [0.05, 0.1) is 5.56 Å². The first kappa shape index (κ1) is 31.7. The van der Waals surface area contributed by atoms with Gasteiger partial charge in [0, 0.05) is 61.8 Å². The van der Waals surface area contributed by atoms with E-state index in [-0.39, 0.29) is 30.7 Å². The lowest BCUT2D eigenvalue weighted by molar-refractivity contribution is -0.140. The van der Waals surface area contributed by atoms with Crippen LogP contribution in [-0.4, -0.2) is 56.0 Å². The van der Waals surface area contributed by atoms with Crippen molar-refractivity contribution in [3.8, 4) is 0 Å². The molecule has 0 aromatic heterocycles. The third-order valence-corrected chi connectivity index (χ3v) is 7.63. The lowest BCUT2D eigenvalue weighted by Gasteiger charge is -2.40. The average molecular weight is 581 g/mol. The fourth-order valence-electron chi connectivity index (χ4n) is 5.05. The maximum absolute atomic E-state index is 13.5. The molecule has 2 amide bonds. The number of hydrogen-bond acceptors (Lipinski definition) is 4. The Morgan fingerprint density at radius 1 is 1.05 bits per heavy atom. The van der Waals surface area contributed by atoms with E-state index in [4.69, 9.17) is 17.3 Å². The molecule has 6 nitrogen and oxygen atoms in total. The molecule has 220 valence electrons. The standard InChI is InChI=1S/C30H40ClF3N4O2/c1-21(20-36-27(39)12-13-35)4-7-23-18-24(30(32,33)34)8-11-26(23)37-14-16-38(17-15-37)28(40)29(2,3)19-22-5-9-25(31)10-6-22/h5-6,8-11,18,21H,4,7,12-17,19-20,35H2,1-3H3,(H,36,39). The van der Waals surface area contributed by atoms with Gasteiger partial charge in [0.25, 0.3) is 0 Å². The molecule has 0 aliphatic carbocycles. The number of amides is 2. The maximum Gasteiger partial charge on any atom is 0.416 e. The van der Waals surface area contributed by atoms with Crippen LogP contribution >= 0.6 is 11.6 Å². The number of nitrogens with zero attached hydrogens (tertiary/aromatic N) is 2. The SMILES string of the molecule is CC(CCc1cc(C(F)(F)F)ccc1N1CCN(C(=O)C(C)(C)Cc2ccc(Cl)cc2)CC1)CNC(=O)CCN. The quantitative estimate of drug-likeness (QED) is 0.378. The van der Waals surface area contributed by atoms with Gasteiger partial charge in [0.1, 0.15) is 0 Å². The summed E-state index contributed by atoms with van der Waals surface area (Å²) in [6.07, 6.45) is -2.54. The molecule has 1 heterocycles. The van der Waals surface area contributed by atoms with Crippen LogP contribution in [0.3, 0.4) is 0 Å². The number of aryl methyl sites for hydroxylation is 1. The van der Waals surface area contributed by atoms with Crippen LogP contribution < -0.4 is 16.0 Å². The summed E-state index contributed by atoms with van der Waals surface area (Å²) in [7, 11) is 0. The Morgan fingerprint density at radius 2 is 1.70 bits per heavy atom. The smallest absolute Gasteiger partial charge is 0.368 e. The van der Waals surface area contributed by atoms with Crippen molar-refractivity contribution in [2.24, 2.45) is 17.1 Å². The Morgan fingerprint density at radius 3 is 2.30 bits per heavy atom. The van der Waals surface area contributed by atoms with Crippen LogP contribution in [0.15, 0.2) is 42.5 Å².